The monoisotopic (exact) mass is 795 g/mol. The molecule has 9 nitrogen and oxygen atoms in total. The first-order chi connectivity index (χ1) is 30.8. The van der Waals surface area contributed by atoms with Gasteiger partial charge in [0.2, 0.25) is 11.9 Å². The number of para-hydroxylation sites is 1. The molecular formula is C53H33N9. The molecule has 0 fully saturated rings. The van der Waals surface area contributed by atoms with Crippen molar-refractivity contribution in [2.45, 2.75) is 0 Å². The third-order valence-electron chi connectivity index (χ3n) is 11.3. The first kappa shape index (κ1) is 35.3. The largest absolute Gasteiger partial charge is 0.278 e. The van der Waals surface area contributed by atoms with E-state index in [2.05, 4.69) is 75.9 Å². The minimum Gasteiger partial charge on any atom is -0.278 e. The van der Waals surface area contributed by atoms with E-state index in [1.165, 1.54) is 0 Å². The number of benzene rings is 7. The van der Waals surface area contributed by atoms with Crippen molar-refractivity contribution in [2.24, 2.45) is 0 Å². The average molecular weight is 796 g/mol. The van der Waals surface area contributed by atoms with Gasteiger partial charge in [0.05, 0.1) is 27.6 Å². The molecule has 12 rings (SSSR count). The van der Waals surface area contributed by atoms with Gasteiger partial charge in [0.25, 0.3) is 0 Å². The van der Waals surface area contributed by atoms with E-state index < -0.39 is 0 Å². The first-order valence-electron chi connectivity index (χ1n) is 20.4. The lowest BCUT2D eigenvalue weighted by molar-refractivity contribution is 0.952. The summed E-state index contributed by atoms with van der Waals surface area (Å²) in [7, 11) is 0. The van der Waals surface area contributed by atoms with Crippen molar-refractivity contribution in [3.8, 4) is 68.6 Å². The fraction of sp³-hybridized carbons (Fsp3) is 0. The van der Waals surface area contributed by atoms with Gasteiger partial charge >= 0.3 is 0 Å². The van der Waals surface area contributed by atoms with Gasteiger partial charge in [0, 0.05) is 44.6 Å². The molecule has 0 aliphatic rings. The summed E-state index contributed by atoms with van der Waals surface area (Å²) >= 11 is 0. The van der Waals surface area contributed by atoms with Crippen LogP contribution in [0.25, 0.3) is 112 Å². The van der Waals surface area contributed by atoms with E-state index in [0.29, 0.717) is 35.2 Å². The quantitative estimate of drug-likeness (QED) is 0.158. The highest BCUT2D eigenvalue weighted by Crippen LogP contribution is 2.43. The number of nitrogens with zero attached hydrogens (tertiary/aromatic N) is 9. The number of hydrogen-bond acceptors (Lipinski definition) is 7. The smallest absolute Gasteiger partial charge is 0.238 e. The summed E-state index contributed by atoms with van der Waals surface area (Å²) in [6.45, 7) is 0. The van der Waals surface area contributed by atoms with Gasteiger partial charge in [0.1, 0.15) is 0 Å². The molecule has 0 unspecified atom stereocenters. The van der Waals surface area contributed by atoms with Gasteiger partial charge in [-0.15, -0.1) is 0 Å². The molecule has 0 amide bonds. The first-order valence-corrected chi connectivity index (χ1v) is 20.4. The van der Waals surface area contributed by atoms with Crippen LogP contribution in [0.2, 0.25) is 0 Å². The highest BCUT2D eigenvalue weighted by atomic mass is 15.2. The van der Waals surface area contributed by atoms with Crippen LogP contribution in [-0.4, -0.2) is 44.0 Å². The molecule has 0 spiro atoms. The third kappa shape index (κ3) is 5.83. The van der Waals surface area contributed by atoms with Gasteiger partial charge in [-0.1, -0.05) is 164 Å². The van der Waals surface area contributed by atoms with Gasteiger partial charge in [-0.25, -0.2) is 9.97 Å². The van der Waals surface area contributed by atoms with Gasteiger partial charge in [-0.2, -0.15) is 19.9 Å². The molecule has 5 aromatic heterocycles. The van der Waals surface area contributed by atoms with Crippen LogP contribution in [0.15, 0.2) is 200 Å². The van der Waals surface area contributed by atoms with Gasteiger partial charge in [0.15, 0.2) is 23.3 Å². The Morgan fingerprint density at radius 3 is 1.18 bits per heavy atom. The fourth-order valence-corrected chi connectivity index (χ4v) is 8.57. The Bertz CT molecular complexity index is 3260. The van der Waals surface area contributed by atoms with Crippen molar-refractivity contribution in [1.82, 2.24) is 44.0 Å². The van der Waals surface area contributed by atoms with Crippen LogP contribution in [-0.2, 0) is 0 Å². The van der Waals surface area contributed by atoms with Crippen molar-refractivity contribution in [3.63, 3.8) is 0 Å². The van der Waals surface area contributed by atoms with E-state index in [4.69, 9.17) is 34.9 Å². The summed E-state index contributed by atoms with van der Waals surface area (Å²) < 4.78 is 4.28. The Labute approximate surface area is 355 Å². The highest BCUT2D eigenvalue weighted by molar-refractivity contribution is 6.21. The van der Waals surface area contributed by atoms with E-state index in [0.717, 1.165) is 77.1 Å². The molecule has 0 aliphatic carbocycles. The second-order valence-electron chi connectivity index (χ2n) is 15.0. The van der Waals surface area contributed by atoms with Gasteiger partial charge in [-0.3, -0.25) is 14.1 Å². The molecule has 0 aliphatic heterocycles. The maximum absolute atomic E-state index is 5.17. The molecule has 12 aromatic rings. The molecule has 0 radical (unpaired) electrons. The minimum absolute atomic E-state index is 0.510. The van der Waals surface area contributed by atoms with E-state index in [1.54, 1.807) is 0 Å². The van der Waals surface area contributed by atoms with E-state index in [9.17, 15) is 0 Å². The number of rotatable bonds is 7. The van der Waals surface area contributed by atoms with Crippen molar-refractivity contribution in [1.29, 1.82) is 0 Å². The summed E-state index contributed by atoms with van der Waals surface area (Å²) in [5.74, 6) is 3.43. The third-order valence-corrected chi connectivity index (χ3v) is 11.3. The molecule has 0 saturated carbocycles. The molecule has 0 atom stereocenters. The van der Waals surface area contributed by atoms with Gasteiger partial charge in [-0.05, 0) is 41.5 Å². The number of aromatic nitrogens is 9. The van der Waals surface area contributed by atoms with Crippen molar-refractivity contribution < 1.29 is 0 Å². The topological polar surface area (TPSA) is 100 Å². The zero-order valence-electron chi connectivity index (χ0n) is 33.1. The number of pyridine rings is 1. The van der Waals surface area contributed by atoms with Crippen LogP contribution >= 0.6 is 0 Å². The van der Waals surface area contributed by atoms with Crippen LogP contribution in [0, 0.1) is 0 Å². The highest BCUT2D eigenvalue weighted by Gasteiger charge is 2.24. The maximum Gasteiger partial charge on any atom is 0.238 e. The second kappa shape index (κ2) is 14.5. The molecule has 0 bridgehead atoms. The molecule has 0 saturated heterocycles. The van der Waals surface area contributed by atoms with Crippen LogP contribution < -0.4 is 0 Å². The standard InChI is InChI=1S/C53H33N9/c1-5-18-34(19-6-1)48-55-49(35-20-7-2-8-21-35)58-52(57-48)61-41-29-14-13-26-40(41)45-38(27-15-30-42(45)61)39-28-16-31-43-46(39)47-44(32-17-33-54-47)62(43)53-59-50(36-22-9-3-10-23-36)56-51(60-53)37-24-11-4-12-25-37/h1-33H. The lowest BCUT2D eigenvalue weighted by atomic mass is 9.96. The lowest BCUT2D eigenvalue weighted by Gasteiger charge is -2.12. The van der Waals surface area contributed by atoms with E-state index in [-0.39, 0.29) is 0 Å². The van der Waals surface area contributed by atoms with Crippen LogP contribution in [0.5, 0.6) is 0 Å². The zero-order chi connectivity index (χ0) is 41.0. The van der Waals surface area contributed by atoms with E-state index in [1.807, 2.05) is 134 Å². The normalized spacial score (nSPS) is 11.5. The average Bonchev–Trinajstić information content (AvgIpc) is 3.88. The number of hydrogen-bond donors (Lipinski definition) is 0. The van der Waals surface area contributed by atoms with Crippen LogP contribution in [0.1, 0.15) is 0 Å². The minimum atomic E-state index is 0.510. The Balaban J connectivity index is 1.12. The molecule has 7 aromatic carbocycles. The predicted octanol–water partition coefficient (Wildman–Crippen LogP) is 12.0. The van der Waals surface area contributed by atoms with Crippen molar-refractivity contribution >= 4 is 43.7 Å². The Kier molecular flexibility index (Phi) is 8.27. The van der Waals surface area contributed by atoms with Crippen LogP contribution in [0.3, 0.4) is 0 Å². The summed E-state index contributed by atoms with van der Waals surface area (Å²) in [5, 5.41) is 3.15. The Hall–Kier alpha value is -8.69. The summed E-state index contributed by atoms with van der Waals surface area (Å²) in [6, 6.07) is 65.6. The van der Waals surface area contributed by atoms with Crippen LogP contribution in [0.4, 0.5) is 0 Å². The molecule has 290 valence electrons. The second-order valence-corrected chi connectivity index (χ2v) is 15.0. The van der Waals surface area contributed by atoms with E-state index >= 15 is 0 Å². The molecule has 9 heteroatoms. The Morgan fingerprint density at radius 1 is 0.290 bits per heavy atom. The predicted molar refractivity (Wildman–Crippen MR) is 247 cm³/mol. The molecule has 0 N–H and O–H groups in total. The molecular weight excluding hydrogens is 763 g/mol. The lowest BCUT2D eigenvalue weighted by Crippen LogP contribution is -2.06. The molecule has 62 heavy (non-hydrogen) atoms. The Morgan fingerprint density at radius 2 is 0.677 bits per heavy atom. The SMILES string of the molecule is c1ccc(-c2nc(-c3ccccc3)nc(-n3c4ccccc4c4c(-c5cccc6c5c5ncccc5n6-c5nc(-c6ccccc6)nc(-c6ccccc6)n5)cccc43)n2)cc1. The zero-order valence-corrected chi connectivity index (χ0v) is 33.1. The summed E-state index contributed by atoms with van der Waals surface area (Å²) in [4.78, 5) is 35.7. The molecule has 5 heterocycles. The maximum atomic E-state index is 5.17. The van der Waals surface area contributed by atoms with Gasteiger partial charge < -0.3 is 0 Å². The van der Waals surface area contributed by atoms with Crippen molar-refractivity contribution in [2.75, 3.05) is 0 Å². The van der Waals surface area contributed by atoms with Crippen molar-refractivity contribution in [3.05, 3.63) is 200 Å². The fourth-order valence-electron chi connectivity index (χ4n) is 8.57. The summed E-state index contributed by atoms with van der Waals surface area (Å²) in [5.41, 5.74) is 10.3. The number of fused-ring (bicyclic) bond motifs is 6. The summed E-state index contributed by atoms with van der Waals surface area (Å²) in [6.07, 6.45) is 1.85.